The minimum absolute atomic E-state index is 0.0232. The third-order valence-corrected chi connectivity index (χ3v) is 3.33. The summed E-state index contributed by atoms with van der Waals surface area (Å²) < 4.78 is 0. The second kappa shape index (κ2) is 6.79. The number of aliphatic imine (C=N–C) groups is 1. The van der Waals surface area contributed by atoms with Gasteiger partial charge < -0.3 is 15.1 Å². The molecule has 4 heteroatoms. The van der Waals surface area contributed by atoms with Crippen LogP contribution in [0.25, 0.3) is 0 Å². The summed E-state index contributed by atoms with van der Waals surface area (Å²) in [5, 5.41) is 18.9. The summed E-state index contributed by atoms with van der Waals surface area (Å²) in [6.45, 7) is 6.22. The van der Waals surface area contributed by atoms with Gasteiger partial charge in [-0.1, -0.05) is 12.1 Å². The van der Waals surface area contributed by atoms with Gasteiger partial charge in [-0.05, 0) is 43.7 Å². The number of anilines is 1. The molecule has 2 N–H and O–H groups in total. The van der Waals surface area contributed by atoms with E-state index < -0.39 is 0 Å². The molecule has 0 aromatic heterocycles. The fourth-order valence-electron chi connectivity index (χ4n) is 2.13. The standard InChI is InChI=1S/C17H20N2O2/c1-3-19(4-2)14-7-5-13(6-8-14)12-18-16-10-9-15(20)11-17(16)21/h5-12,20-21H,3-4H2,1-2H3. The maximum atomic E-state index is 9.67. The molecule has 0 aliphatic heterocycles. The molecule has 21 heavy (non-hydrogen) atoms. The maximum absolute atomic E-state index is 9.67. The van der Waals surface area contributed by atoms with Gasteiger partial charge in [-0.15, -0.1) is 0 Å². The molecule has 0 heterocycles. The fraction of sp³-hybridized carbons (Fsp3) is 0.235. The fourth-order valence-corrected chi connectivity index (χ4v) is 2.13. The molecule has 0 spiro atoms. The third-order valence-electron chi connectivity index (χ3n) is 3.33. The summed E-state index contributed by atoms with van der Waals surface area (Å²) in [6.07, 6.45) is 1.69. The molecular weight excluding hydrogens is 264 g/mol. The van der Waals surface area contributed by atoms with Gasteiger partial charge in [-0.3, -0.25) is 4.99 Å². The second-order valence-corrected chi connectivity index (χ2v) is 4.70. The van der Waals surface area contributed by atoms with Crippen molar-refractivity contribution >= 4 is 17.6 Å². The molecule has 0 unspecified atom stereocenters. The average Bonchev–Trinajstić information content (AvgIpc) is 2.49. The Kier molecular flexibility index (Phi) is 4.82. The Morgan fingerprint density at radius 1 is 1.00 bits per heavy atom. The largest absolute Gasteiger partial charge is 0.508 e. The van der Waals surface area contributed by atoms with E-state index in [0.29, 0.717) is 5.69 Å². The van der Waals surface area contributed by atoms with Gasteiger partial charge in [0, 0.05) is 31.1 Å². The number of phenolic OH excluding ortho intramolecular Hbond substituents is 2. The molecular formula is C17H20N2O2. The van der Waals surface area contributed by atoms with Crippen molar-refractivity contribution in [2.24, 2.45) is 4.99 Å². The molecule has 0 fully saturated rings. The van der Waals surface area contributed by atoms with E-state index in [4.69, 9.17) is 0 Å². The van der Waals surface area contributed by atoms with E-state index in [-0.39, 0.29) is 11.5 Å². The van der Waals surface area contributed by atoms with Gasteiger partial charge in [-0.25, -0.2) is 0 Å². The van der Waals surface area contributed by atoms with Crippen LogP contribution < -0.4 is 4.90 Å². The van der Waals surface area contributed by atoms with Gasteiger partial charge in [0.05, 0.1) is 0 Å². The quantitative estimate of drug-likeness (QED) is 0.823. The first kappa shape index (κ1) is 14.9. The van der Waals surface area contributed by atoms with Crippen molar-refractivity contribution in [2.45, 2.75) is 13.8 Å². The Labute approximate surface area is 125 Å². The first-order valence-electron chi connectivity index (χ1n) is 7.05. The van der Waals surface area contributed by atoms with E-state index in [2.05, 4.69) is 35.9 Å². The Balaban J connectivity index is 2.14. The topological polar surface area (TPSA) is 56.1 Å². The number of rotatable bonds is 5. The molecule has 4 nitrogen and oxygen atoms in total. The molecule has 2 rings (SSSR count). The highest BCUT2D eigenvalue weighted by Crippen LogP contribution is 2.29. The van der Waals surface area contributed by atoms with Gasteiger partial charge in [0.2, 0.25) is 0 Å². The summed E-state index contributed by atoms with van der Waals surface area (Å²) >= 11 is 0. The van der Waals surface area contributed by atoms with Crippen LogP contribution in [0.5, 0.6) is 11.5 Å². The number of hydrogen-bond donors (Lipinski definition) is 2. The first-order valence-corrected chi connectivity index (χ1v) is 7.05. The van der Waals surface area contributed by atoms with E-state index >= 15 is 0 Å². The molecule has 2 aromatic rings. The lowest BCUT2D eigenvalue weighted by Crippen LogP contribution is -2.21. The van der Waals surface area contributed by atoms with E-state index in [1.165, 1.54) is 17.8 Å². The Morgan fingerprint density at radius 3 is 2.24 bits per heavy atom. The number of phenols is 2. The van der Waals surface area contributed by atoms with Crippen LogP contribution in [0, 0.1) is 0 Å². The van der Waals surface area contributed by atoms with Crippen molar-refractivity contribution in [2.75, 3.05) is 18.0 Å². The van der Waals surface area contributed by atoms with Crippen LogP contribution in [-0.4, -0.2) is 29.5 Å². The number of benzene rings is 2. The van der Waals surface area contributed by atoms with Gasteiger partial charge in [0.15, 0.2) is 0 Å². The zero-order valence-electron chi connectivity index (χ0n) is 12.3. The molecule has 2 aromatic carbocycles. The lowest BCUT2D eigenvalue weighted by Gasteiger charge is -2.20. The summed E-state index contributed by atoms with van der Waals surface area (Å²) in [5.74, 6) is -0.0129. The summed E-state index contributed by atoms with van der Waals surface area (Å²) in [5.41, 5.74) is 2.57. The Bertz CT molecular complexity index is 617. The van der Waals surface area contributed by atoms with Crippen LogP contribution in [0.15, 0.2) is 47.5 Å². The van der Waals surface area contributed by atoms with Crippen molar-refractivity contribution in [1.29, 1.82) is 0 Å². The SMILES string of the molecule is CCN(CC)c1ccc(C=Nc2ccc(O)cc2O)cc1. The number of hydrogen-bond acceptors (Lipinski definition) is 4. The molecule has 0 bridgehead atoms. The van der Waals surface area contributed by atoms with Crippen LogP contribution in [0.1, 0.15) is 19.4 Å². The zero-order chi connectivity index (χ0) is 15.2. The van der Waals surface area contributed by atoms with E-state index in [1.54, 1.807) is 12.3 Å². The molecule has 0 amide bonds. The lowest BCUT2D eigenvalue weighted by molar-refractivity contribution is 0.451. The van der Waals surface area contributed by atoms with Crippen LogP contribution in [-0.2, 0) is 0 Å². The predicted molar refractivity (Wildman–Crippen MR) is 87.0 cm³/mol. The normalized spacial score (nSPS) is 11.0. The molecule has 0 atom stereocenters. The molecule has 0 aliphatic rings. The van der Waals surface area contributed by atoms with E-state index in [1.807, 2.05) is 12.1 Å². The van der Waals surface area contributed by atoms with Crippen LogP contribution in [0.2, 0.25) is 0 Å². The highest BCUT2D eigenvalue weighted by atomic mass is 16.3. The highest BCUT2D eigenvalue weighted by Gasteiger charge is 2.01. The minimum atomic E-state index is -0.0361. The smallest absolute Gasteiger partial charge is 0.144 e. The third kappa shape index (κ3) is 3.75. The maximum Gasteiger partial charge on any atom is 0.144 e. The van der Waals surface area contributed by atoms with Crippen molar-refractivity contribution in [1.82, 2.24) is 0 Å². The molecule has 0 aliphatic carbocycles. The number of nitrogens with zero attached hydrogens (tertiary/aromatic N) is 2. The summed E-state index contributed by atoms with van der Waals surface area (Å²) in [4.78, 5) is 6.50. The molecule has 0 saturated heterocycles. The number of aromatic hydroxyl groups is 2. The Hall–Kier alpha value is -2.49. The lowest BCUT2D eigenvalue weighted by atomic mass is 10.2. The second-order valence-electron chi connectivity index (χ2n) is 4.70. The molecule has 0 saturated carbocycles. The molecule has 110 valence electrons. The van der Waals surface area contributed by atoms with E-state index in [0.717, 1.165) is 18.7 Å². The van der Waals surface area contributed by atoms with Crippen LogP contribution in [0.4, 0.5) is 11.4 Å². The predicted octanol–water partition coefficient (Wildman–Crippen LogP) is 3.69. The Morgan fingerprint density at radius 2 is 1.67 bits per heavy atom. The van der Waals surface area contributed by atoms with Crippen molar-refractivity contribution in [3.05, 3.63) is 48.0 Å². The van der Waals surface area contributed by atoms with E-state index in [9.17, 15) is 10.2 Å². The van der Waals surface area contributed by atoms with Gasteiger partial charge >= 0.3 is 0 Å². The van der Waals surface area contributed by atoms with Crippen LogP contribution in [0.3, 0.4) is 0 Å². The average molecular weight is 284 g/mol. The van der Waals surface area contributed by atoms with Crippen molar-refractivity contribution < 1.29 is 10.2 Å². The molecule has 0 radical (unpaired) electrons. The summed E-state index contributed by atoms with van der Waals surface area (Å²) in [7, 11) is 0. The van der Waals surface area contributed by atoms with Crippen molar-refractivity contribution in [3.8, 4) is 11.5 Å². The minimum Gasteiger partial charge on any atom is -0.508 e. The van der Waals surface area contributed by atoms with Crippen molar-refractivity contribution in [3.63, 3.8) is 0 Å². The summed E-state index contributed by atoms with van der Waals surface area (Å²) in [6, 6.07) is 12.5. The highest BCUT2D eigenvalue weighted by molar-refractivity contribution is 5.83. The zero-order valence-corrected chi connectivity index (χ0v) is 12.3. The van der Waals surface area contributed by atoms with Crippen LogP contribution >= 0.6 is 0 Å². The first-order chi connectivity index (χ1) is 10.1. The monoisotopic (exact) mass is 284 g/mol. The van der Waals surface area contributed by atoms with Gasteiger partial charge in [0.25, 0.3) is 0 Å². The van der Waals surface area contributed by atoms with Gasteiger partial charge in [-0.2, -0.15) is 0 Å². The van der Waals surface area contributed by atoms with Gasteiger partial charge in [0.1, 0.15) is 17.2 Å².